The fourth-order valence-electron chi connectivity index (χ4n) is 1.20. The molecular formula is C11H12F4O3. The summed E-state index contributed by atoms with van der Waals surface area (Å²) in [7, 11) is 0. The van der Waals surface area contributed by atoms with Gasteiger partial charge in [0.1, 0.15) is 6.61 Å². The molecule has 0 amide bonds. The van der Waals surface area contributed by atoms with Gasteiger partial charge < -0.3 is 9.84 Å². The van der Waals surface area contributed by atoms with Crippen LogP contribution in [0.2, 0.25) is 0 Å². The number of rotatable bonds is 5. The molecule has 0 aliphatic heterocycles. The van der Waals surface area contributed by atoms with Crippen molar-refractivity contribution >= 4 is 0 Å². The summed E-state index contributed by atoms with van der Waals surface area (Å²) in [6, 6.07) is 3.73. The number of halogens is 4. The lowest BCUT2D eigenvalue weighted by Crippen LogP contribution is -2.18. The monoisotopic (exact) mass is 268 g/mol. The average molecular weight is 268 g/mol. The van der Waals surface area contributed by atoms with Gasteiger partial charge in [-0.2, -0.15) is 0 Å². The number of ether oxygens (including phenoxy) is 2. The van der Waals surface area contributed by atoms with E-state index in [1.165, 1.54) is 19.1 Å². The van der Waals surface area contributed by atoms with Crippen molar-refractivity contribution in [1.29, 1.82) is 0 Å². The molecule has 0 aliphatic rings. The molecule has 7 heteroatoms. The number of benzene rings is 1. The first-order valence-electron chi connectivity index (χ1n) is 5.10. The van der Waals surface area contributed by atoms with Crippen molar-refractivity contribution in [3.63, 3.8) is 0 Å². The predicted molar refractivity (Wildman–Crippen MR) is 54.5 cm³/mol. The first kappa shape index (κ1) is 14.7. The minimum Gasteiger partial charge on any atom is -0.488 e. The van der Waals surface area contributed by atoms with Gasteiger partial charge in [0.2, 0.25) is 0 Å². The second-order valence-electron chi connectivity index (χ2n) is 3.51. The van der Waals surface area contributed by atoms with Crippen LogP contribution in [-0.4, -0.2) is 24.7 Å². The van der Waals surface area contributed by atoms with Crippen LogP contribution >= 0.6 is 0 Å². The molecule has 1 N–H and O–H groups in total. The minimum atomic E-state index is -4.72. The Bertz CT molecular complexity index is 390. The number of alkyl halides is 3. The van der Waals surface area contributed by atoms with Crippen LogP contribution in [0.4, 0.5) is 17.6 Å². The van der Waals surface area contributed by atoms with Crippen molar-refractivity contribution in [2.24, 2.45) is 0 Å². The van der Waals surface area contributed by atoms with Gasteiger partial charge in [0, 0.05) is 0 Å². The number of hydrogen-bond donors (Lipinski definition) is 1. The van der Waals surface area contributed by atoms with E-state index in [0.717, 1.165) is 6.07 Å². The maximum Gasteiger partial charge on any atom is 0.522 e. The minimum absolute atomic E-state index is 0.190. The lowest BCUT2D eigenvalue weighted by atomic mass is 10.1. The van der Waals surface area contributed by atoms with Crippen LogP contribution in [-0.2, 0) is 4.74 Å². The molecule has 18 heavy (non-hydrogen) atoms. The topological polar surface area (TPSA) is 38.7 Å². The molecule has 1 rings (SSSR count). The van der Waals surface area contributed by atoms with Gasteiger partial charge in [-0.1, -0.05) is 6.07 Å². The fraction of sp³-hybridized carbons (Fsp3) is 0.455. The molecule has 0 radical (unpaired) electrons. The van der Waals surface area contributed by atoms with Crippen molar-refractivity contribution in [3.05, 3.63) is 29.6 Å². The van der Waals surface area contributed by atoms with Crippen LogP contribution < -0.4 is 4.74 Å². The molecule has 1 aromatic rings. The highest BCUT2D eigenvalue weighted by Gasteiger charge is 2.28. The third kappa shape index (κ3) is 4.89. The van der Waals surface area contributed by atoms with E-state index in [4.69, 9.17) is 4.74 Å². The summed E-state index contributed by atoms with van der Waals surface area (Å²) in [5.41, 5.74) is 0.353. The lowest BCUT2D eigenvalue weighted by molar-refractivity contribution is -0.325. The first-order valence-corrected chi connectivity index (χ1v) is 5.10. The zero-order valence-electron chi connectivity index (χ0n) is 9.50. The van der Waals surface area contributed by atoms with Crippen molar-refractivity contribution in [2.75, 3.05) is 13.2 Å². The van der Waals surface area contributed by atoms with Crippen molar-refractivity contribution < 1.29 is 32.1 Å². The van der Waals surface area contributed by atoms with Gasteiger partial charge in [-0.3, -0.25) is 4.74 Å². The van der Waals surface area contributed by atoms with Gasteiger partial charge in [0.15, 0.2) is 11.6 Å². The standard InChI is InChI=1S/C11H12F4O3/c1-7(16)8-2-3-10(9(12)6-8)17-4-5-18-11(13,14)15/h2-3,6-7,16H,4-5H2,1H3. The molecule has 1 aromatic carbocycles. The third-order valence-electron chi connectivity index (χ3n) is 2.04. The molecule has 3 nitrogen and oxygen atoms in total. The van der Waals surface area contributed by atoms with E-state index >= 15 is 0 Å². The summed E-state index contributed by atoms with van der Waals surface area (Å²) in [5, 5.41) is 9.19. The molecule has 102 valence electrons. The first-order chi connectivity index (χ1) is 8.29. The van der Waals surface area contributed by atoms with Crippen molar-refractivity contribution in [2.45, 2.75) is 19.4 Å². The Morgan fingerprint density at radius 3 is 2.44 bits per heavy atom. The highest BCUT2D eigenvalue weighted by Crippen LogP contribution is 2.22. The number of hydrogen-bond acceptors (Lipinski definition) is 3. The summed E-state index contributed by atoms with van der Waals surface area (Å²) in [6.45, 7) is 0.317. The second-order valence-corrected chi connectivity index (χ2v) is 3.51. The van der Waals surface area contributed by atoms with Crippen LogP contribution in [0.15, 0.2) is 18.2 Å². The van der Waals surface area contributed by atoms with Crippen LogP contribution in [0.3, 0.4) is 0 Å². The van der Waals surface area contributed by atoms with Gasteiger partial charge in [0.25, 0.3) is 0 Å². The predicted octanol–water partition coefficient (Wildman–Crippen LogP) is 2.79. The molecule has 1 unspecified atom stereocenters. The van der Waals surface area contributed by atoms with Gasteiger partial charge in [-0.15, -0.1) is 13.2 Å². The quantitative estimate of drug-likeness (QED) is 0.659. The van der Waals surface area contributed by atoms with Crippen LogP contribution in [0.25, 0.3) is 0 Å². The molecule has 0 aliphatic carbocycles. The Labute approximate surface area is 101 Å². The highest BCUT2D eigenvalue weighted by molar-refractivity contribution is 5.30. The summed E-state index contributed by atoms with van der Waals surface area (Å²) >= 11 is 0. The van der Waals surface area contributed by atoms with Gasteiger partial charge in [0.05, 0.1) is 12.7 Å². The molecule has 0 saturated carbocycles. The summed E-state index contributed by atoms with van der Waals surface area (Å²) < 4.78 is 56.5. The molecule has 1 atom stereocenters. The lowest BCUT2D eigenvalue weighted by Gasteiger charge is -2.11. The summed E-state index contributed by atoms with van der Waals surface area (Å²) in [5.74, 6) is -0.939. The highest BCUT2D eigenvalue weighted by atomic mass is 19.4. The van der Waals surface area contributed by atoms with E-state index in [2.05, 4.69) is 4.74 Å². The smallest absolute Gasteiger partial charge is 0.488 e. The molecular weight excluding hydrogens is 256 g/mol. The van der Waals surface area contributed by atoms with E-state index in [9.17, 15) is 22.7 Å². The average Bonchev–Trinajstić information content (AvgIpc) is 2.24. The molecule has 0 fully saturated rings. The molecule has 0 heterocycles. The van der Waals surface area contributed by atoms with Gasteiger partial charge >= 0.3 is 6.36 Å². The van der Waals surface area contributed by atoms with E-state index in [1.807, 2.05) is 0 Å². The Morgan fingerprint density at radius 2 is 1.94 bits per heavy atom. The van der Waals surface area contributed by atoms with Crippen molar-refractivity contribution in [1.82, 2.24) is 0 Å². The Hall–Kier alpha value is -1.34. The summed E-state index contributed by atoms with van der Waals surface area (Å²) in [6.07, 6.45) is -5.56. The number of aliphatic hydroxyl groups excluding tert-OH is 1. The molecule has 0 spiro atoms. The Morgan fingerprint density at radius 1 is 1.28 bits per heavy atom. The fourth-order valence-corrected chi connectivity index (χ4v) is 1.20. The summed E-state index contributed by atoms with van der Waals surface area (Å²) in [4.78, 5) is 0. The Kier molecular flexibility index (Phi) is 4.92. The number of aliphatic hydroxyl groups is 1. The van der Waals surface area contributed by atoms with E-state index in [0.29, 0.717) is 5.56 Å². The van der Waals surface area contributed by atoms with Crippen LogP contribution in [0, 0.1) is 5.82 Å². The Balaban J connectivity index is 2.48. The SMILES string of the molecule is CC(O)c1ccc(OCCOC(F)(F)F)c(F)c1. The second kappa shape index (κ2) is 6.01. The van der Waals surface area contributed by atoms with Gasteiger partial charge in [-0.05, 0) is 24.6 Å². The van der Waals surface area contributed by atoms with E-state index in [-0.39, 0.29) is 5.75 Å². The van der Waals surface area contributed by atoms with Crippen LogP contribution in [0.1, 0.15) is 18.6 Å². The molecule has 0 bridgehead atoms. The van der Waals surface area contributed by atoms with E-state index in [1.54, 1.807) is 0 Å². The van der Waals surface area contributed by atoms with E-state index < -0.39 is 31.5 Å². The largest absolute Gasteiger partial charge is 0.522 e. The zero-order chi connectivity index (χ0) is 13.8. The van der Waals surface area contributed by atoms with Crippen LogP contribution in [0.5, 0.6) is 5.75 Å². The zero-order valence-corrected chi connectivity index (χ0v) is 9.50. The molecule has 0 aromatic heterocycles. The molecule has 0 saturated heterocycles. The maximum absolute atomic E-state index is 13.4. The van der Waals surface area contributed by atoms with Gasteiger partial charge in [-0.25, -0.2) is 4.39 Å². The maximum atomic E-state index is 13.4. The third-order valence-corrected chi connectivity index (χ3v) is 2.04. The normalized spacial score (nSPS) is 13.4. The van der Waals surface area contributed by atoms with Crippen molar-refractivity contribution in [3.8, 4) is 5.75 Å².